The van der Waals surface area contributed by atoms with E-state index < -0.39 is 6.16 Å². The summed E-state index contributed by atoms with van der Waals surface area (Å²) in [6.45, 7) is 8.27. The minimum absolute atomic E-state index is 0.0280. The second kappa shape index (κ2) is 4.80. The number of aryl methyl sites for hydroxylation is 1. The van der Waals surface area contributed by atoms with Gasteiger partial charge in [-0.15, -0.1) is 0 Å². The maximum Gasteiger partial charge on any atom is 0.508 e. The third kappa shape index (κ3) is 2.70. The molecule has 2 heterocycles. The van der Waals surface area contributed by atoms with Gasteiger partial charge in [0.1, 0.15) is 17.3 Å². The van der Waals surface area contributed by atoms with Gasteiger partial charge in [-0.05, 0) is 6.92 Å². The summed E-state index contributed by atoms with van der Waals surface area (Å²) in [5.41, 5.74) is 1.55. The molecule has 0 aliphatic rings. The Labute approximate surface area is 115 Å². The predicted octanol–water partition coefficient (Wildman–Crippen LogP) is 2.68. The fourth-order valence-corrected chi connectivity index (χ4v) is 2.57. The Kier molecular flexibility index (Phi) is 3.49. The van der Waals surface area contributed by atoms with Gasteiger partial charge in [0, 0.05) is 5.41 Å². The summed E-state index contributed by atoms with van der Waals surface area (Å²) in [5.74, 6) is 0. The molecule has 0 aliphatic carbocycles. The minimum atomic E-state index is -0.708. The fraction of sp³-hybridized carbons (Fsp3) is 0.583. The van der Waals surface area contributed by atoms with E-state index in [2.05, 4.69) is 35.6 Å². The van der Waals surface area contributed by atoms with E-state index in [1.165, 1.54) is 7.11 Å². The van der Waals surface area contributed by atoms with E-state index in [0.717, 1.165) is 21.4 Å². The average molecular weight is 283 g/mol. The van der Waals surface area contributed by atoms with Gasteiger partial charge in [-0.3, -0.25) is 0 Å². The van der Waals surface area contributed by atoms with Crippen LogP contribution in [0.1, 0.15) is 37.2 Å². The number of hydrogen-bond acceptors (Lipinski definition) is 6. The highest BCUT2D eigenvalue weighted by atomic mass is 32.1. The lowest BCUT2D eigenvalue weighted by atomic mass is 9.98. The highest BCUT2D eigenvalue weighted by molar-refractivity contribution is 7.16. The van der Waals surface area contributed by atoms with Gasteiger partial charge in [-0.25, -0.2) is 14.3 Å². The summed E-state index contributed by atoms with van der Waals surface area (Å²) in [6, 6.07) is 0. The first-order valence-electron chi connectivity index (χ1n) is 5.89. The molecule has 0 saturated carbocycles. The third-order valence-electron chi connectivity index (χ3n) is 2.63. The van der Waals surface area contributed by atoms with Crippen molar-refractivity contribution in [1.29, 1.82) is 0 Å². The molecule has 0 N–H and O–H groups in total. The van der Waals surface area contributed by atoms with E-state index >= 15 is 0 Å². The number of hydrogen-bond donors (Lipinski definition) is 0. The van der Waals surface area contributed by atoms with Gasteiger partial charge in [0.15, 0.2) is 0 Å². The Bertz CT molecular complexity index is 610. The van der Waals surface area contributed by atoms with E-state index in [1.807, 2.05) is 6.92 Å². The Hall–Kier alpha value is -1.63. The van der Waals surface area contributed by atoms with Gasteiger partial charge in [0.25, 0.3) is 0 Å². The lowest BCUT2D eigenvalue weighted by molar-refractivity contribution is 0.0654. The molecule has 0 aliphatic heterocycles. The van der Waals surface area contributed by atoms with Gasteiger partial charge in [-0.2, -0.15) is 5.10 Å². The highest BCUT2D eigenvalue weighted by Gasteiger charge is 2.22. The van der Waals surface area contributed by atoms with Crippen molar-refractivity contribution in [3.63, 3.8) is 0 Å². The van der Waals surface area contributed by atoms with Crippen molar-refractivity contribution in [1.82, 2.24) is 14.6 Å². The average Bonchev–Trinajstić information content (AvgIpc) is 2.83. The first-order valence-corrected chi connectivity index (χ1v) is 6.71. The van der Waals surface area contributed by atoms with Crippen LogP contribution in [0.2, 0.25) is 0 Å². The van der Waals surface area contributed by atoms with Crippen LogP contribution in [0, 0.1) is 6.92 Å². The number of carbonyl (C=O) groups is 1. The van der Waals surface area contributed by atoms with Crippen molar-refractivity contribution >= 4 is 22.5 Å². The van der Waals surface area contributed by atoms with Crippen molar-refractivity contribution in [2.45, 2.75) is 39.7 Å². The maximum atomic E-state index is 11.0. The summed E-state index contributed by atoms with van der Waals surface area (Å²) in [4.78, 5) is 16.3. The summed E-state index contributed by atoms with van der Waals surface area (Å²) in [7, 11) is 1.28. The normalized spacial score (nSPS) is 11.8. The van der Waals surface area contributed by atoms with Crippen molar-refractivity contribution in [2.75, 3.05) is 7.11 Å². The quantitative estimate of drug-likeness (QED) is 0.793. The van der Waals surface area contributed by atoms with E-state index in [9.17, 15) is 4.79 Å². The van der Waals surface area contributed by atoms with Crippen LogP contribution in [-0.4, -0.2) is 27.9 Å². The highest BCUT2D eigenvalue weighted by Crippen LogP contribution is 2.28. The second-order valence-electron chi connectivity index (χ2n) is 5.24. The lowest BCUT2D eigenvalue weighted by Gasteiger charge is -2.12. The molecule has 7 heteroatoms. The number of methoxy groups -OCH3 is 1. The lowest BCUT2D eigenvalue weighted by Crippen LogP contribution is -2.12. The first kappa shape index (κ1) is 13.8. The van der Waals surface area contributed by atoms with Crippen LogP contribution in [-0.2, 0) is 21.5 Å². The molecule has 19 heavy (non-hydrogen) atoms. The number of imidazole rings is 1. The van der Waals surface area contributed by atoms with Crippen LogP contribution in [0.15, 0.2) is 0 Å². The molecule has 0 unspecified atom stereocenters. The maximum absolute atomic E-state index is 11.0. The van der Waals surface area contributed by atoms with Gasteiger partial charge >= 0.3 is 6.16 Å². The zero-order valence-electron chi connectivity index (χ0n) is 11.7. The van der Waals surface area contributed by atoms with Crippen molar-refractivity contribution in [3.05, 3.63) is 16.4 Å². The molecular formula is C12H17N3O3S. The molecule has 2 rings (SSSR count). The van der Waals surface area contributed by atoms with Crippen LogP contribution in [0.3, 0.4) is 0 Å². The summed E-state index contributed by atoms with van der Waals surface area (Å²) < 4.78 is 11.2. The third-order valence-corrected chi connectivity index (χ3v) is 3.97. The van der Waals surface area contributed by atoms with Crippen molar-refractivity contribution in [2.24, 2.45) is 0 Å². The molecule has 0 bridgehead atoms. The molecule has 104 valence electrons. The Morgan fingerprint density at radius 2 is 2.11 bits per heavy atom. The van der Waals surface area contributed by atoms with Crippen LogP contribution in [0.4, 0.5) is 4.79 Å². The Morgan fingerprint density at radius 1 is 1.42 bits per heavy atom. The zero-order valence-corrected chi connectivity index (χ0v) is 12.5. The molecule has 0 saturated heterocycles. The largest absolute Gasteiger partial charge is 0.508 e. The van der Waals surface area contributed by atoms with Crippen LogP contribution in [0.5, 0.6) is 0 Å². The molecule has 0 spiro atoms. The fourth-order valence-electron chi connectivity index (χ4n) is 1.55. The van der Waals surface area contributed by atoms with Gasteiger partial charge in [0.2, 0.25) is 4.96 Å². The van der Waals surface area contributed by atoms with Gasteiger partial charge in [-0.1, -0.05) is 32.1 Å². The number of ether oxygens (including phenoxy) is 2. The molecule has 2 aromatic rings. The van der Waals surface area contributed by atoms with Crippen molar-refractivity contribution < 1.29 is 14.3 Å². The molecular weight excluding hydrogens is 266 g/mol. The molecule has 6 nitrogen and oxygen atoms in total. The molecule has 0 fully saturated rings. The van der Waals surface area contributed by atoms with Crippen LogP contribution >= 0.6 is 11.3 Å². The summed E-state index contributed by atoms with van der Waals surface area (Å²) in [5, 5.41) is 5.54. The number of carbonyl (C=O) groups excluding carboxylic acids is 1. The monoisotopic (exact) mass is 283 g/mol. The number of nitrogens with zero attached hydrogens (tertiary/aromatic N) is 3. The molecule has 0 radical (unpaired) electrons. The van der Waals surface area contributed by atoms with Crippen LogP contribution < -0.4 is 0 Å². The van der Waals surface area contributed by atoms with E-state index in [-0.39, 0.29) is 12.0 Å². The molecule has 0 amide bonds. The first-order chi connectivity index (χ1) is 8.82. The van der Waals surface area contributed by atoms with Crippen molar-refractivity contribution in [3.8, 4) is 0 Å². The molecule has 0 atom stereocenters. The van der Waals surface area contributed by atoms with E-state index in [4.69, 9.17) is 4.74 Å². The number of rotatable bonds is 2. The summed E-state index contributed by atoms with van der Waals surface area (Å²) in [6.07, 6.45) is -0.708. The number of aromatic nitrogens is 3. The SMILES string of the molecule is COC(=O)OCc1c(C)nc2sc(C(C)(C)C)nn12. The molecule has 0 aromatic carbocycles. The topological polar surface area (TPSA) is 65.7 Å². The van der Waals surface area contributed by atoms with Gasteiger partial charge < -0.3 is 9.47 Å². The Morgan fingerprint density at radius 3 is 2.68 bits per heavy atom. The Balaban J connectivity index is 2.34. The smallest absolute Gasteiger partial charge is 0.438 e. The van der Waals surface area contributed by atoms with E-state index in [0.29, 0.717) is 0 Å². The van der Waals surface area contributed by atoms with Crippen LogP contribution in [0.25, 0.3) is 4.96 Å². The second-order valence-corrected chi connectivity index (χ2v) is 6.19. The minimum Gasteiger partial charge on any atom is -0.438 e. The van der Waals surface area contributed by atoms with E-state index in [1.54, 1.807) is 15.9 Å². The zero-order chi connectivity index (χ0) is 14.2. The predicted molar refractivity (Wildman–Crippen MR) is 71.5 cm³/mol. The standard InChI is InChI=1S/C12H17N3O3S/c1-7-8(6-18-11(16)17-5)15-10(13-7)19-9(14-15)12(2,3)4/h6H2,1-5H3. The van der Waals surface area contributed by atoms with Gasteiger partial charge in [0.05, 0.1) is 12.8 Å². The number of fused-ring (bicyclic) bond motifs is 1. The summed E-state index contributed by atoms with van der Waals surface area (Å²) >= 11 is 1.55. The molecule has 2 aromatic heterocycles.